The Balaban J connectivity index is 1.34. The minimum absolute atomic E-state index is 0.345. The quantitative estimate of drug-likeness (QED) is 0.728. The summed E-state index contributed by atoms with van der Waals surface area (Å²) in [5.41, 5.74) is 3.80. The van der Waals surface area contributed by atoms with E-state index in [9.17, 15) is 5.11 Å². The summed E-state index contributed by atoms with van der Waals surface area (Å²) < 4.78 is 2.04. The molecule has 26 heavy (non-hydrogen) atoms. The maximum Gasteiger partial charge on any atom is 0.116 e. The van der Waals surface area contributed by atoms with Gasteiger partial charge in [0, 0.05) is 35.9 Å². The molecule has 138 valence electrons. The van der Waals surface area contributed by atoms with Crippen LogP contribution in [0.5, 0.6) is 5.75 Å². The molecule has 0 atom stereocenters. The number of likely N-dealkylation sites (tertiary alicyclic amines) is 1. The molecule has 5 nitrogen and oxygen atoms in total. The third-order valence-corrected chi connectivity index (χ3v) is 5.63. The Hall–Kier alpha value is -2.27. The van der Waals surface area contributed by atoms with Crippen LogP contribution in [0.25, 0.3) is 10.9 Å². The summed E-state index contributed by atoms with van der Waals surface area (Å²) in [5.74, 6) is 0.920. The molecule has 1 aromatic carbocycles. The molecule has 1 aliphatic heterocycles. The molecule has 0 aliphatic carbocycles. The fraction of sp³-hybridized carbons (Fsp3) is 0.476. The number of aromatic amines is 1. The van der Waals surface area contributed by atoms with Gasteiger partial charge in [0.05, 0.1) is 6.20 Å². The minimum atomic E-state index is 0.345. The van der Waals surface area contributed by atoms with Gasteiger partial charge in [-0.05, 0) is 81.4 Å². The van der Waals surface area contributed by atoms with E-state index in [1.165, 1.54) is 29.4 Å². The summed E-state index contributed by atoms with van der Waals surface area (Å²) in [7, 11) is 0. The van der Waals surface area contributed by atoms with Crippen molar-refractivity contribution in [3.8, 4) is 5.75 Å². The fourth-order valence-corrected chi connectivity index (χ4v) is 4.01. The first-order chi connectivity index (χ1) is 12.6. The van der Waals surface area contributed by atoms with E-state index >= 15 is 0 Å². The number of aromatic hydroxyl groups is 1. The van der Waals surface area contributed by atoms with Gasteiger partial charge in [0.15, 0.2) is 0 Å². The van der Waals surface area contributed by atoms with Crippen molar-refractivity contribution in [3.63, 3.8) is 0 Å². The zero-order valence-electron chi connectivity index (χ0n) is 15.7. The van der Waals surface area contributed by atoms with Crippen LogP contribution in [0, 0.1) is 0 Å². The number of hydrogen-bond acceptors (Lipinski definition) is 3. The minimum Gasteiger partial charge on any atom is -0.508 e. The average Bonchev–Trinajstić information content (AvgIpc) is 3.27. The molecule has 1 saturated heterocycles. The third-order valence-electron chi connectivity index (χ3n) is 5.63. The van der Waals surface area contributed by atoms with Gasteiger partial charge in [-0.25, -0.2) is 0 Å². The molecule has 0 bridgehead atoms. The van der Waals surface area contributed by atoms with Crippen LogP contribution < -0.4 is 0 Å². The second kappa shape index (κ2) is 7.16. The van der Waals surface area contributed by atoms with Gasteiger partial charge < -0.3 is 15.0 Å². The molecule has 4 rings (SSSR count). The van der Waals surface area contributed by atoms with Crippen molar-refractivity contribution in [2.75, 3.05) is 19.6 Å². The summed E-state index contributed by atoms with van der Waals surface area (Å²) in [6.07, 6.45) is 9.73. The SMILES string of the molecule is CC(C)n1cc(CCN2CCC(c3c[nH]c4ccc(O)cc34)CC2)cn1. The second-order valence-corrected chi connectivity index (χ2v) is 7.76. The van der Waals surface area contributed by atoms with E-state index in [4.69, 9.17) is 0 Å². The Labute approximate surface area is 154 Å². The first-order valence-electron chi connectivity index (χ1n) is 9.65. The van der Waals surface area contributed by atoms with Crippen molar-refractivity contribution < 1.29 is 5.11 Å². The zero-order chi connectivity index (χ0) is 18.1. The predicted octanol–water partition coefficient (Wildman–Crippen LogP) is 4.07. The Kier molecular flexibility index (Phi) is 4.72. The lowest BCUT2D eigenvalue weighted by Gasteiger charge is -2.31. The number of H-pyrrole nitrogens is 1. The van der Waals surface area contributed by atoms with E-state index in [0.29, 0.717) is 17.7 Å². The van der Waals surface area contributed by atoms with Gasteiger partial charge in [-0.2, -0.15) is 5.10 Å². The highest BCUT2D eigenvalue weighted by Gasteiger charge is 2.22. The van der Waals surface area contributed by atoms with Crippen LogP contribution in [0.15, 0.2) is 36.8 Å². The van der Waals surface area contributed by atoms with Crippen LogP contribution in [0.1, 0.15) is 49.8 Å². The van der Waals surface area contributed by atoms with Crippen molar-refractivity contribution in [1.29, 1.82) is 0 Å². The van der Waals surface area contributed by atoms with E-state index in [1.54, 1.807) is 6.07 Å². The zero-order valence-corrected chi connectivity index (χ0v) is 15.7. The van der Waals surface area contributed by atoms with Gasteiger partial charge in [-0.15, -0.1) is 0 Å². The molecule has 1 aliphatic rings. The largest absolute Gasteiger partial charge is 0.508 e. The van der Waals surface area contributed by atoms with E-state index in [-0.39, 0.29) is 0 Å². The number of aromatic nitrogens is 3. The maximum absolute atomic E-state index is 9.80. The highest BCUT2D eigenvalue weighted by atomic mass is 16.3. The normalized spacial score (nSPS) is 16.7. The van der Waals surface area contributed by atoms with Gasteiger partial charge in [-0.1, -0.05) is 0 Å². The number of fused-ring (bicyclic) bond motifs is 1. The molecule has 2 N–H and O–H groups in total. The predicted molar refractivity (Wildman–Crippen MR) is 105 cm³/mol. The smallest absolute Gasteiger partial charge is 0.116 e. The van der Waals surface area contributed by atoms with E-state index in [0.717, 1.165) is 31.6 Å². The molecular formula is C21H28N4O. The standard InChI is InChI=1S/C21H28N4O/c1-15(2)25-14-16(12-23-25)5-8-24-9-6-17(7-10-24)20-13-22-21-4-3-18(26)11-19(20)21/h3-4,11-15,17,22,26H,5-10H2,1-2H3. The van der Waals surface area contributed by atoms with Crippen LogP contribution >= 0.6 is 0 Å². The summed E-state index contributed by atoms with van der Waals surface area (Å²) in [4.78, 5) is 5.91. The number of hydrogen-bond donors (Lipinski definition) is 2. The van der Waals surface area contributed by atoms with Crippen LogP contribution in [-0.2, 0) is 6.42 Å². The van der Waals surface area contributed by atoms with Gasteiger partial charge in [0.2, 0.25) is 0 Å². The topological polar surface area (TPSA) is 57.1 Å². The van der Waals surface area contributed by atoms with Gasteiger partial charge in [0.25, 0.3) is 0 Å². The van der Waals surface area contributed by atoms with Crippen molar-refractivity contribution >= 4 is 10.9 Å². The van der Waals surface area contributed by atoms with Crippen LogP contribution in [-0.4, -0.2) is 44.4 Å². The number of phenols is 1. The monoisotopic (exact) mass is 352 g/mol. The Morgan fingerprint density at radius 1 is 1.27 bits per heavy atom. The highest BCUT2D eigenvalue weighted by molar-refractivity contribution is 5.85. The molecule has 3 heterocycles. The summed E-state index contributed by atoms with van der Waals surface area (Å²) in [6.45, 7) is 7.69. The molecule has 1 fully saturated rings. The van der Waals surface area contributed by atoms with Gasteiger partial charge in [0.1, 0.15) is 5.75 Å². The average molecular weight is 352 g/mol. The number of rotatable bonds is 5. The Morgan fingerprint density at radius 2 is 2.08 bits per heavy atom. The van der Waals surface area contributed by atoms with Crippen LogP contribution in [0.3, 0.4) is 0 Å². The lowest BCUT2D eigenvalue weighted by atomic mass is 9.89. The molecule has 0 saturated carbocycles. The van der Waals surface area contributed by atoms with Crippen molar-refractivity contribution in [2.45, 2.75) is 45.1 Å². The molecule has 0 unspecified atom stereocenters. The summed E-state index contributed by atoms with van der Waals surface area (Å²) in [6, 6.07) is 6.02. The molecule has 5 heteroatoms. The number of nitrogens with one attached hydrogen (secondary N) is 1. The fourth-order valence-electron chi connectivity index (χ4n) is 4.01. The summed E-state index contributed by atoms with van der Waals surface area (Å²) >= 11 is 0. The molecule has 3 aromatic rings. The van der Waals surface area contributed by atoms with E-state index < -0.39 is 0 Å². The van der Waals surface area contributed by atoms with E-state index in [1.807, 2.05) is 23.0 Å². The van der Waals surface area contributed by atoms with Crippen molar-refractivity contribution in [1.82, 2.24) is 19.7 Å². The third kappa shape index (κ3) is 3.49. The first kappa shape index (κ1) is 17.2. The van der Waals surface area contributed by atoms with Gasteiger partial charge in [-0.3, -0.25) is 4.68 Å². The second-order valence-electron chi connectivity index (χ2n) is 7.76. The highest BCUT2D eigenvalue weighted by Crippen LogP contribution is 2.34. The Morgan fingerprint density at radius 3 is 2.81 bits per heavy atom. The molecule has 0 radical (unpaired) electrons. The maximum atomic E-state index is 9.80. The Bertz CT molecular complexity index is 871. The lowest BCUT2D eigenvalue weighted by Crippen LogP contribution is -2.34. The molecule has 0 amide bonds. The molecular weight excluding hydrogens is 324 g/mol. The van der Waals surface area contributed by atoms with Crippen molar-refractivity contribution in [2.24, 2.45) is 0 Å². The van der Waals surface area contributed by atoms with E-state index in [2.05, 4.69) is 41.2 Å². The van der Waals surface area contributed by atoms with Crippen molar-refractivity contribution in [3.05, 3.63) is 47.9 Å². The number of nitrogens with zero attached hydrogens (tertiary/aromatic N) is 3. The molecule has 2 aromatic heterocycles. The van der Waals surface area contributed by atoms with Crippen LogP contribution in [0.4, 0.5) is 0 Å². The van der Waals surface area contributed by atoms with Crippen LogP contribution in [0.2, 0.25) is 0 Å². The summed E-state index contributed by atoms with van der Waals surface area (Å²) in [5, 5.41) is 15.4. The first-order valence-corrected chi connectivity index (χ1v) is 9.65. The van der Waals surface area contributed by atoms with Gasteiger partial charge >= 0.3 is 0 Å². The number of piperidine rings is 1. The lowest BCUT2D eigenvalue weighted by molar-refractivity contribution is 0.215. The number of phenolic OH excluding ortho intramolecular Hbond substituents is 1. The number of benzene rings is 1. The molecule has 0 spiro atoms.